The Bertz CT molecular complexity index is 575. The van der Waals surface area contributed by atoms with E-state index in [1.807, 2.05) is 5.38 Å². The second-order valence-electron chi connectivity index (χ2n) is 3.31. The lowest BCUT2D eigenvalue weighted by Gasteiger charge is -1.98. The van der Waals surface area contributed by atoms with E-state index in [1.165, 1.54) is 29.6 Å². The monoisotopic (exact) mass is 282 g/mol. The van der Waals surface area contributed by atoms with Crippen LogP contribution in [-0.2, 0) is 4.74 Å². The molecule has 0 aliphatic rings. The average molecular weight is 282 g/mol. The molecule has 0 bridgehead atoms. The maximum absolute atomic E-state index is 11.7. The van der Waals surface area contributed by atoms with Crippen LogP contribution in [0.4, 0.5) is 0 Å². The molecule has 94 valence electrons. The molecule has 0 saturated carbocycles. The van der Waals surface area contributed by atoms with Crippen molar-refractivity contribution >= 4 is 34.4 Å². The molecule has 0 unspecified atom stereocenters. The predicted octanol–water partition coefficient (Wildman–Crippen LogP) is 2.65. The number of ketones is 1. The summed E-state index contributed by atoms with van der Waals surface area (Å²) < 4.78 is 4.89. The first-order valence-electron chi connectivity index (χ1n) is 5.22. The van der Waals surface area contributed by atoms with Crippen LogP contribution < -0.4 is 0 Å². The minimum atomic E-state index is -0.568. The fourth-order valence-corrected chi connectivity index (χ4v) is 2.94. The summed E-state index contributed by atoms with van der Waals surface area (Å²) in [5.41, 5.74) is 0.0829. The van der Waals surface area contributed by atoms with E-state index in [1.54, 1.807) is 13.1 Å². The summed E-state index contributed by atoms with van der Waals surface area (Å²) in [4.78, 5) is 31.8. The highest BCUT2D eigenvalue weighted by Crippen LogP contribution is 2.30. The second-order valence-corrected chi connectivity index (χ2v) is 5.20. The van der Waals surface area contributed by atoms with Gasteiger partial charge in [-0.15, -0.1) is 22.7 Å². The van der Waals surface area contributed by atoms with E-state index < -0.39 is 5.97 Å². The van der Waals surface area contributed by atoms with Crippen molar-refractivity contribution in [3.8, 4) is 10.0 Å². The molecular formula is C11H10N2O3S2. The van der Waals surface area contributed by atoms with Crippen molar-refractivity contribution in [2.45, 2.75) is 13.8 Å². The number of carbonyl (C=O) groups excluding carboxylic acids is 2. The Morgan fingerprint density at radius 2 is 2.17 bits per heavy atom. The Morgan fingerprint density at radius 1 is 1.39 bits per heavy atom. The average Bonchev–Trinajstić information content (AvgIpc) is 2.98. The maximum atomic E-state index is 11.7. The zero-order valence-electron chi connectivity index (χ0n) is 9.80. The van der Waals surface area contributed by atoms with Gasteiger partial charge in [0.05, 0.1) is 6.61 Å². The molecule has 0 spiro atoms. The molecule has 0 aromatic carbocycles. The van der Waals surface area contributed by atoms with Gasteiger partial charge in [-0.05, 0) is 6.92 Å². The molecule has 0 saturated heterocycles. The van der Waals surface area contributed by atoms with Gasteiger partial charge in [0.1, 0.15) is 4.88 Å². The fourth-order valence-electron chi connectivity index (χ4n) is 1.32. The molecule has 0 fully saturated rings. The number of ether oxygens (including phenoxy) is 1. The first kappa shape index (κ1) is 12.8. The van der Waals surface area contributed by atoms with Crippen molar-refractivity contribution in [2.24, 2.45) is 0 Å². The zero-order chi connectivity index (χ0) is 13.1. The Hall–Kier alpha value is -1.60. The lowest BCUT2D eigenvalue weighted by molar-refractivity contribution is 0.0517. The first-order valence-corrected chi connectivity index (χ1v) is 6.91. The Kier molecular flexibility index (Phi) is 3.83. The third-order valence-corrected chi connectivity index (χ3v) is 4.10. The third-order valence-electron chi connectivity index (χ3n) is 2.03. The smallest absolute Gasteiger partial charge is 0.358 e. The lowest BCUT2D eigenvalue weighted by atomic mass is 10.3. The second kappa shape index (κ2) is 5.36. The van der Waals surface area contributed by atoms with Crippen molar-refractivity contribution in [1.82, 2.24) is 9.97 Å². The van der Waals surface area contributed by atoms with Gasteiger partial charge in [-0.25, -0.2) is 14.8 Å². The van der Waals surface area contributed by atoms with Gasteiger partial charge in [0, 0.05) is 18.5 Å². The fraction of sp³-hybridized carbons (Fsp3) is 0.273. The van der Waals surface area contributed by atoms with E-state index in [0.717, 1.165) is 0 Å². The normalized spacial score (nSPS) is 10.3. The van der Waals surface area contributed by atoms with Crippen LogP contribution in [0.25, 0.3) is 10.0 Å². The molecule has 5 nitrogen and oxygen atoms in total. The lowest BCUT2D eigenvalue weighted by Crippen LogP contribution is -2.09. The highest BCUT2D eigenvalue weighted by Gasteiger charge is 2.23. The van der Waals surface area contributed by atoms with Gasteiger partial charge in [0.15, 0.2) is 21.5 Å². The Labute approximate surface area is 111 Å². The van der Waals surface area contributed by atoms with Crippen LogP contribution in [0.3, 0.4) is 0 Å². The van der Waals surface area contributed by atoms with E-state index in [9.17, 15) is 9.59 Å². The van der Waals surface area contributed by atoms with Crippen molar-refractivity contribution in [1.29, 1.82) is 0 Å². The molecule has 7 heteroatoms. The Balaban J connectivity index is 2.45. The molecule has 0 N–H and O–H groups in total. The van der Waals surface area contributed by atoms with Crippen LogP contribution in [0.2, 0.25) is 0 Å². The van der Waals surface area contributed by atoms with Crippen LogP contribution >= 0.6 is 22.7 Å². The summed E-state index contributed by atoms with van der Waals surface area (Å²) in [5.74, 6) is -0.764. The maximum Gasteiger partial charge on any atom is 0.358 e. The highest BCUT2D eigenvalue weighted by atomic mass is 32.1. The van der Waals surface area contributed by atoms with Crippen molar-refractivity contribution in [2.75, 3.05) is 6.61 Å². The van der Waals surface area contributed by atoms with Gasteiger partial charge in [-0.3, -0.25) is 4.79 Å². The number of hydrogen-bond acceptors (Lipinski definition) is 7. The topological polar surface area (TPSA) is 69.2 Å². The van der Waals surface area contributed by atoms with Crippen LogP contribution in [0.5, 0.6) is 0 Å². The molecule has 0 amide bonds. The number of Topliss-reactive ketones (excluding diaryl/α,β-unsaturated/α-hetero) is 1. The molecule has 2 aromatic rings. The molecule has 0 aliphatic carbocycles. The zero-order valence-corrected chi connectivity index (χ0v) is 11.4. The van der Waals surface area contributed by atoms with Gasteiger partial charge < -0.3 is 4.74 Å². The van der Waals surface area contributed by atoms with Crippen LogP contribution in [0, 0.1) is 0 Å². The number of rotatable bonds is 4. The van der Waals surface area contributed by atoms with E-state index in [2.05, 4.69) is 9.97 Å². The van der Waals surface area contributed by atoms with Crippen molar-refractivity contribution < 1.29 is 14.3 Å². The molecule has 2 heterocycles. The molecule has 0 radical (unpaired) electrons. The summed E-state index contributed by atoms with van der Waals surface area (Å²) in [5, 5.41) is 3.07. The van der Waals surface area contributed by atoms with E-state index in [0.29, 0.717) is 14.9 Å². The number of hydrogen-bond donors (Lipinski definition) is 0. The third kappa shape index (κ3) is 2.46. The molecular weight excluding hydrogens is 272 g/mol. The largest absolute Gasteiger partial charge is 0.461 e. The predicted molar refractivity (Wildman–Crippen MR) is 69.2 cm³/mol. The minimum absolute atomic E-state index is 0.0829. The molecule has 2 aromatic heterocycles. The minimum Gasteiger partial charge on any atom is -0.461 e. The molecule has 0 atom stereocenters. The van der Waals surface area contributed by atoms with Crippen molar-refractivity contribution in [3.63, 3.8) is 0 Å². The van der Waals surface area contributed by atoms with Gasteiger partial charge in [0.25, 0.3) is 0 Å². The van der Waals surface area contributed by atoms with E-state index in [-0.39, 0.29) is 18.1 Å². The van der Waals surface area contributed by atoms with E-state index in [4.69, 9.17) is 4.74 Å². The van der Waals surface area contributed by atoms with Gasteiger partial charge >= 0.3 is 5.97 Å². The number of carbonyl (C=O) groups is 2. The summed E-state index contributed by atoms with van der Waals surface area (Å²) in [7, 11) is 0. The SMILES string of the molecule is CCOC(=O)c1nc(-c2nccs2)sc1C(C)=O. The summed E-state index contributed by atoms with van der Waals surface area (Å²) >= 11 is 2.57. The highest BCUT2D eigenvalue weighted by molar-refractivity contribution is 7.21. The van der Waals surface area contributed by atoms with Crippen LogP contribution in [0.1, 0.15) is 34.0 Å². The summed E-state index contributed by atoms with van der Waals surface area (Å²) in [6, 6.07) is 0. The van der Waals surface area contributed by atoms with Crippen molar-refractivity contribution in [3.05, 3.63) is 22.1 Å². The van der Waals surface area contributed by atoms with Gasteiger partial charge in [0.2, 0.25) is 0 Å². The molecule has 0 aliphatic heterocycles. The molecule has 2 rings (SSSR count). The number of esters is 1. The summed E-state index contributed by atoms with van der Waals surface area (Å²) in [6.45, 7) is 3.36. The van der Waals surface area contributed by atoms with Crippen LogP contribution in [-0.4, -0.2) is 28.3 Å². The standard InChI is InChI=1S/C11H10N2O3S2/c1-3-16-11(15)7-8(6(2)14)18-10(13-7)9-12-4-5-17-9/h4-5H,3H2,1-2H3. The first-order chi connectivity index (χ1) is 8.63. The molecule has 18 heavy (non-hydrogen) atoms. The summed E-state index contributed by atoms with van der Waals surface area (Å²) in [6.07, 6.45) is 1.65. The van der Waals surface area contributed by atoms with Gasteiger partial charge in [-0.1, -0.05) is 0 Å². The van der Waals surface area contributed by atoms with Crippen LogP contribution in [0.15, 0.2) is 11.6 Å². The number of thiazole rings is 2. The van der Waals surface area contributed by atoms with E-state index >= 15 is 0 Å². The van der Waals surface area contributed by atoms with Gasteiger partial charge in [-0.2, -0.15) is 0 Å². The Morgan fingerprint density at radius 3 is 2.72 bits per heavy atom. The number of nitrogens with zero attached hydrogens (tertiary/aromatic N) is 2. The number of aromatic nitrogens is 2. The quantitative estimate of drug-likeness (QED) is 0.637.